The molecule has 0 spiro atoms. The van der Waals surface area contributed by atoms with E-state index in [1.54, 1.807) is 13.0 Å². The summed E-state index contributed by atoms with van der Waals surface area (Å²) in [6, 6.07) is 5.25. The highest BCUT2D eigenvalue weighted by Crippen LogP contribution is 2.26. The number of amides is 1. The van der Waals surface area contributed by atoms with Gasteiger partial charge in [0.05, 0.1) is 15.6 Å². The molecule has 1 amide bonds. The van der Waals surface area contributed by atoms with Gasteiger partial charge in [-0.25, -0.2) is 14.3 Å². The van der Waals surface area contributed by atoms with Crippen molar-refractivity contribution < 1.29 is 19.2 Å². The van der Waals surface area contributed by atoms with Gasteiger partial charge in [0.1, 0.15) is 0 Å². The Hall–Kier alpha value is -3.60. The van der Waals surface area contributed by atoms with E-state index in [-0.39, 0.29) is 28.0 Å². The number of nitro groups is 1. The number of hydrogen-bond acceptors (Lipinski definition) is 8. The van der Waals surface area contributed by atoms with Crippen LogP contribution in [0, 0.1) is 17.0 Å². The first-order chi connectivity index (χ1) is 12.8. The van der Waals surface area contributed by atoms with Crippen molar-refractivity contribution in [2.45, 2.75) is 6.92 Å². The zero-order valence-electron chi connectivity index (χ0n) is 13.7. The van der Waals surface area contributed by atoms with Crippen molar-refractivity contribution in [2.75, 3.05) is 11.9 Å². The molecule has 0 aliphatic heterocycles. The van der Waals surface area contributed by atoms with Crippen molar-refractivity contribution in [2.24, 2.45) is 0 Å². The van der Waals surface area contributed by atoms with Crippen LogP contribution in [0.5, 0.6) is 0 Å². The van der Waals surface area contributed by atoms with E-state index >= 15 is 0 Å². The summed E-state index contributed by atoms with van der Waals surface area (Å²) >= 11 is 5.88. The van der Waals surface area contributed by atoms with Gasteiger partial charge in [-0.3, -0.25) is 14.9 Å². The molecule has 1 N–H and O–H groups in total. The number of nitro benzene ring substituents is 1. The minimum absolute atomic E-state index is 0.0209. The number of aromatic nitrogens is 4. The number of halogens is 1. The van der Waals surface area contributed by atoms with Crippen molar-refractivity contribution >= 4 is 40.6 Å². The summed E-state index contributed by atoms with van der Waals surface area (Å²) in [6.07, 6.45) is 1.52. The minimum Gasteiger partial charge on any atom is -0.450 e. The van der Waals surface area contributed by atoms with E-state index in [9.17, 15) is 19.7 Å². The fourth-order valence-corrected chi connectivity index (χ4v) is 2.32. The molecule has 1 aromatic carbocycles. The number of aryl methyl sites for hydroxylation is 1. The maximum Gasteiger partial charge on any atom is 0.378 e. The lowest BCUT2D eigenvalue weighted by Gasteiger charge is -2.07. The van der Waals surface area contributed by atoms with E-state index in [4.69, 9.17) is 16.3 Å². The quantitative estimate of drug-likeness (QED) is 0.394. The van der Waals surface area contributed by atoms with E-state index in [0.29, 0.717) is 0 Å². The molecule has 2 heterocycles. The van der Waals surface area contributed by atoms with Gasteiger partial charge in [-0.05, 0) is 19.1 Å². The molecule has 0 fully saturated rings. The van der Waals surface area contributed by atoms with E-state index < -0.39 is 23.4 Å². The van der Waals surface area contributed by atoms with Crippen LogP contribution in [0.4, 0.5) is 11.4 Å². The number of nitrogens with one attached hydrogen (secondary N) is 1. The Bertz CT molecular complexity index is 1070. The van der Waals surface area contributed by atoms with E-state index in [1.807, 2.05) is 0 Å². The number of carbonyl (C=O) groups excluding carboxylic acids is 2. The Morgan fingerprint density at radius 1 is 1.37 bits per heavy atom. The Morgan fingerprint density at radius 2 is 2.15 bits per heavy atom. The zero-order valence-corrected chi connectivity index (χ0v) is 14.5. The van der Waals surface area contributed by atoms with Crippen LogP contribution >= 0.6 is 11.6 Å². The van der Waals surface area contributed by atoms with Gasteiger partial charge in [0.15, 0.2) is 6.61 Å². The third kappa shape index (κ3) is 3.98. The van der Waals surface area contributed by atoms with Gasteiger partial charge in [-0.2, -0.15) is 4.98 Å². The normalized spacial score (nSPS) is 10.6. The third-order valence-electron chi connectivity index (χ3n) is 3.38. The predicted octanol–water partition coefficient (Wildman–Crippen LogP) is 1.79. The Morgan fingerprint density at radius 3 is 2.81 bits per heavy atom. The van der Waals surface area contributed by atoms with Crippen LogP contribution in [0.15, 0.2) is 30.5 Å². The maximum atomic E-state index is 12.0. The zero-order chi connectivity index (χ0) is 19.6. The maximum absolute atomic E-state index is 12.0. The molecule has 0 aliphatic rings. The molecule has 0 saturated carbocycles. The van der Waals surface area contributed by atoms with E-state index in [1.165, 1.54) is 22.8 Å². The van der Waals surface area contributed by atoms with Gasteiger partial charge in [-0.1, -0.05) is 11.6 Å². The number of fused-ring (bicyclic) bond motifs is 1. The first kappa shape index (κ1) is 18.2. The molecule has 0 unspecified atom stereocenters. The van der Waals surface area contributed by atoms with Gasteiger partial charge < -0.3 is 10.1 Å². The molecule has 0 aliphatic carbocycles. The first-order valence-corrected chi connectivity index (χ1v) is 7.82. The Labute approximate surface area is 156 Å². The predicted molar refractivity (Wildman–Crippen MR) is 92.5 cm³/mol. The van der Waals surface area contributed by atoms with Gasteiger partial charge in [0.25, 0.3) is 23.2 Å². The molecule has 11 nitrogen and oxygen atoms in total. The second-order valence-corrected chi connectivity index (χ2v) is 5.69. The van der Waals surface area contributed by atoms with Crippen LogP contribution in [-0.4, -0.2) is 43.0 Å². The van der Waals surface area contributed by atoms with Crippen LogP contribution in [0.25, 0.3) is 5.78 Å². The summed E-state index contributed by atoms with van der Waals surface area (Å²) in [6.45, 7) is 1.15. The average Bonchev–Trinajstić information content (AvgIpc) is 3.07. The number of benzene rings is 1. The summed E-state index contributed by atoms with van der Waals surface area (Å²) < 4.78 is 6.23. The molecule has 12 heteroatoms. The Balaban J connectivity index is 1.62. The van der Waals surface area contributed by atoms with Crippen LogP contribution < -0.4 is 5.32 Å². The van der Waals surface area contributed by atoms with E-state index in [2.05, 4.69) is 20.4 Å². The lowest BCUT2D eigenvalue weighted by Crippen LogP contribution is -2.21. The minimum atomic E-state index is -0.898. The number of ether oxygens (including phenoxy) is 1. The fraction of sp³-hybridized carbons (Fsp3) is 0.133. The average molecular weight is 391 g/mol. The SMILES string of the molecule is Cc1ccnc2nc(C(=O)OCC(=O)Nc3ccc([N+](=O)[O-])cc3Cl)nn12. The summed E-state index contributed by atoms with van der Waals surface area (Å²) in [5.41, 5.74) is 0.650. The fourth-order valence-electron chi connectivity index (χ4n) is 2.09. The lowest BCUT2D eigenvalue weighted by molar-refractivity contribution is -0.384. The van der Waals surface area contributed by atoms with Crippen molar-refractivity contribution in [1.29, 1.82) is 0 Å². The van der Waals surface area contributed by atoms with Crippen LogP contribution in [0.3, 0.4) is 0 Å². The molecular weight excluding hydrogens is 380 g/mol. The van der Waals surface area contributed by atoms with Crippen molar-refractivity contribution in [3.8, 4) is 0 Å². The number of carbonyl (C=O) groups is 2. The van der Waals surface area contributed by atoms with Gasteiger partial charge in [-0.15, -0.1) is 5.10 Å². The van der Waals surface area contributed by atoms with Gasteiger partial charge in [0, 0.05) is 24.0 Å². The van der Waals surface area contributed by atoms with Crippen molar-refractivity contribution in [3.63, 3.8) is 0 Å². The van der Waals surface area contributed by atoms with Crippen molar-refractivity contribution in [3.05, 3.63) is 57.1 Å². The van der Waals surface area contributed by atoms with Crippen molar-refractivity contribution in [1.82, 2.24) is 19.6 Å². The molecule has 0 saturated heterocycles. The number of rotatable bonds is 5. The number of nitrogens with zero attached hydrogens (tertiary/aromatic N) is 5. The van der Waals surface area contributed by atoms with Crippen LogP contribution in [0.2, 0.25) is 5.02 Å². The van der Waals surface area contributed by atoms with Crippen LogP contribution in [-0.2, 0) is 9.53 Å². The second-order valence-electron chi connectivity index (χ2n) is 5.28. The molecule has 3 aromatic rings. The molecule has 0 radical (unpaired) electrons. The second kappa shape index (κ2) is 7.33. The van der Waals surface area contributed by atoms with Gasteiger partial charge >= 0.3 is 5.97 Å². The highest BCUT2D eigenvalue weighted by molar-refractivity contribution is 6.34. The van der Waals surface area contributed by atoms with E-state index in [0.717, 1.165) is 11.8 Å². The number of esters is 1. The summed E-state index contributed by atoms with van der Waals surface area (Å²) in [5.74, 6) is -1.59. The highest BCUT2D eigenvalue weighted by atomic mass is 35.5. The topological polar surface area (TPSA) is 142 Å². The van der Waals surface area contributed by atoms with Gasteiger partial charge in [0.2, 0.25) is 0 Å². The first-order valence-electron chi connectivity index (χ1n) is 7.44. The van der Waals surface area contributed by atoms with Crippen LogP contribution in [0.1, 0.15) is 16.3 Å². The summed E-state index contributed by atoms with van der Waals surface area (Å²) in [7, 11) is 0. The largest absolute Gasteiger partial charge is 0.450 e. The molecule has 27 heavy (non-hydrogen) atoms. The molecule has 0 bridgehead atoms. The third-order valence-corrected chi connectivity index (χ3v) is 3.70. The standard InChI is InChI=1S/C15H11ClN6O5/c1-8-4-5-17-15-19-13(20-21(8)15)14(24)27-7-12(23)18-11-3-2-9(22(25)26)6-10(11)16/h2-6H,7H2,1H3,(H,18,23). The molecule has 2 aromatic heterocycles. The molecular formula is C15H11ClN6O5. The molecule has 0 atom stereocenters. The molecule has 138 valence electrons. The Kier molecular flexibility index (Phi) is 4.94. The summed E-state index contributed by atoms with van der Waals surface area (Å²) in [5, 5.41) is 17.0. The number of hydrogen-bond donors (Lipinski definition) is 1. The molecule has 3 rings (SSSR count). The number of non-ortho nitro benzene ring substituents is 1. The highest BCUT2D eigenvalue weighted by Gasteiger charge is 2.18. The number of anilines is 1. The lowest BCUT2D eigenvalue weighted by atomic mass is 10.3. The monoisotopic (exact) mass is 390 g/mol. The summed E-state index contributed by atoms with van der Waals surface area (Å²) in [4.78, 5) is 41.9. The smallest absolute Gasteiger partial charge is 0.378 e.